The number of nitrogens with zero attached hydrogens (tertiary/aromatic N) is 4. The van der Waals surface area contributed by atoms with Crippen molar-refractivity contribution in [2.45, 2.75) is 53.2 Å². The maximum Gasteiger partial charge on any atom is 0.171 e. The number of rotatable bonds is 9. The Morgan fingerprint density at radius 1 is 1.19 bits per heavy atom. The van der Waals surface area contributed by atoms with Crippen molar-refractivity contribution in [3.05, 3.63) is 42.2 Å². The van der Waals surface area contributed by atoms with E-state index in [-0.39, 0.29) is 5.78 Å². The average molecular weight is 521 g/mol. The number of carbonyl (C=O) groups excluding carboxylic acids is 1. The molecule has 7 nitrogen and oxygen atoms in total. The minimum absolute atomic E-state index is 0.0493. The second-order valence-electron chi connectivity index (χ2n) is 13.0. The molecule has 3 heterocycles. The Morgan fingerprint density at radius 2 is 1.92 bits per heavy atom. The van der Waals surface area contributed by atoms with Crippen LogP contribution in [0.2, 0.25) is 25.7 Å². The summed E-state index contributed by atoms with van der Waals surface area (Å²) in [5.74, 6) is 1.76. The smallest absolute Gasteiger partial charge is 0.171 e. The van der Waals surface area contributed by atoms with Gasteiger partial charge in [0.25, 0.3) is 0 Å². The lowest BCUT2D eigenvalue weighted by molar-refractivity contribution is 0.0849. The minimum atomic E-state index is -1.18. The molecule has 0 radical (unpaired) electrons. The molecule has 2 aliphatic rings. The summed E-state index contributed by atoms with van der Waals surface area (Å²) >= 11 is 0. The van der Waals surface area contributed by atoms with Crippen molar-refractivity contribution in [3.63, 3.8) is 0 Å². The number of aliphatic hydroxyl groups excluding tert-OH is 1. The largest absolute Gasteiger partial charge is 0.396 e. The molecule has 2 fully saturated rings. The molecule has 1 aromatic carbocycles. The number of hydrogen-bond acceptors (Lipinski definition) is 6. The van der Waals surface area contributed by atoms with E-state index in [0.717, 1.165) is 30.4 Å². The molecule has 5 rings (SSSR count). The second kappa shape index (κ2) is 9.64. The standard InChI is InChI=1S/C29H40N4O3Si/c1-29(2,3)27(35)23-16-33(18-36-10-11-37(4,5)6)28-26(23)31-25(13-30-28)19-8-7-9-20(12-19)32-14-21-22(15-32)24(21)17-34/h7-9,12-13,16,21-22,24,34H,10-11,14-15,17-18H2,1-6H3/t21-,22+,24-. The van der Waals surface area contributed by atoms with Gasteiger partial charge >= 0.3 is 0 Å². The number of ketones is 1. The van der Waals surface area contributed by atoms with E-state index in [1.54, 1.807) is 6.20 Å². The first-order valence-corrected chi connectivity index (χ1v) is 17.1. The Labute approximate surface area is 220 Å². The van der Waals surface area contributed by atoms with Gasteiger partial charge < -0.3 is 19.3 Å². The van der Waals surface area contributed by atoms with Crippen LogP contribution in [0.3, 0.4) is 0 Å². The molecule has 1 N–H and O–H groups in total. The van der Waals surface area contributed by atoms with E-state index < -0.39 is 13.5 Å². The zero-order valence-electron chi connectivity index (χ0n) is 23.0. The summed E-state index contributed by atoms with van der Waals surface area (Å²) in [6.45, 7) is 16.2. The van der Waals surface area contributed by atoms with Crippen LogP contribution >= 0.6 is 0 Å². The van der Waals surface area contributed by atoms with Crippen LogP contribution in [0.5, 0.6) is 0 Å². The van der Waals surface area contributed by atoms with Gasteiger partial charge in [0.15, 0.2) is 11.4 Å². The SMILES string of the molecule is CC(C)(C)C(=O)c1cn(COCC[Si](C)(C)C)c2ncc(-c3cccc(N4C[C@@H]5[C@H](CO)[C@@H]5C4)c3)nc12. The highest BCUT2D eigenvalue weighted by Crippen LogP contribution is 2.52. The summed E-state index contributed by atoms with van der Waals surface area (Å²) in [5.41, 5.74) is 4.28. The predicted molar refractivity (Wildman–Crippen MR) is 151 cm³/mol. The van der Waals surface area contributed by atoms with E-state index in [2.05, 4.69) is 48.8 Å². The Morgan fingerprint density at radius 3 is 2.57 bits per heavy atom. The van der Waals surface area contributed by atoms with Crippen LogP contribution in [0, 0.1) is 23.2 Å². The summed E-state index contributed by atoms with van der Waals surface area (Å²) in [6.07, 6.45) is 3.66. The van der Waals surface area contributed by atoms with Crippen LogP contribution in [0.1, 0.15) is 31.1 Å². The van der Waals surface area contributed by atoms with Crippen molar-refractivity contribution in [2.75, 3.05) is 31.2 Å². The first kappa shape index (κ1) is 26.1. The minimum Gasteiger partial charge on any atom is -0.396 e. The van der Waals surface area contributed by atoms with Crippen molar-refractivity contribution < 1.29 is 14.6 Å². The number of aliphatic hydroxyl groups is 1. The van der Waals surface area contributed by atoms with Gasteiger partial charge in [-0.25, -0.2) is 9.97 Å². The Balaban J connectivity index is 1.43. The second-order valence-corrected chi connectivity index (χ2v) is 18.6. The van der Waals surface area contributed by atoms with Crippen LogP contribution in [0.4, 0.5) is 5.69 Å². The average Bonchev–Trinajstić information content (AvgIpc) is 3.15. The topological polar surface area (TPSA) is 80.5 Å². The highest BCUT2D eigenvalue weighted by molar-refractivity contribution is 6.76. The van der Waals surface area contributed by atoms with Gasteiger partial charge in [0.05, 0.1) is 17.5 Å². The number of ether oxygens (including phenoxy) is 1. The van der Waals surface area contributed by atoms with Crippen LogP contribution in [-0.2, 0) is 11.5 Å². The van der Waals surface area contributed by atoms with Gasteiger partial charge in [-0.2, -0.15) is 0 Å². The number of carbonyl (C=O) groups is 1. The van der Waals surface area contributed by atoms with E-state index in [1.807, 2.05) is 31.5 Å². The van der Waals surface area contributed by atoms with E-state index in [1.165, 1.54) is 5.69 Å². The van der Waals surface area contributed by atoms with Crippen LogP contribution < -0.4 is 4.90 Å². The third-order valence-corrected chi connectivity index (χ3v) is 9.51. The molecule has 37 heavy (non-hydrogen) atoms. The molecular weight excluding hydrogens is 480 g/mol. The fourth-order valence-electron chi connectivity index (χ4n) is 5.39. The maximum atomic E-state index is 13.4. The lowest BCUT2D eigenvalue weighted by atomic mass is 9.87. The molecule has 0 unspecified atom stereocenters. The van der Waals surface area contributed by atoms with Crippen LogP contribution in [0.25, 0.3) is 22.4 Å². The highest BCUT2D eigenvalue weighted by atomic mass is 28.3. The summed E-state index contributed by atoms with van der Waals surface area (Å²) in [7, 11) is -1.18. The molecule has 1 saturated heterocycles. The number of piperidine rings is 1. The van der Waals surface area contributed by atoms with Gasteiger partial charge in [0.2, 0.25) is 0 Å². The van der Waals surface area contributed by atoms with Crippen molar-refractivity contribution >= 4 is 30.7 Å². The van der Waals surface area contributed by atoms with E-state index in [4.69, 9.17) is 14.7 Å². The number of fused-ring (bicyclic) bond motifs is 2. The number of anilines is 1. The normalized spacial score (nSPS) is 21.5. The quantitative estimate of drug-likeness (QED) is 0.234. The van der Waals surface area contributed by atoms with E-state index in [0.29, 0.717) is 54.4 Å². The lowest BCUT2D eigenvalue weighted by Crippen LogP contribution is -2.24. The Hall–Kier alpha value is -2.55. The van der Waals surface area contributed by atoms with Gasteiger partial charge in [-0.15, -0.1) is 0 Å². The van der Waals surface area contributed by atoms with Crippen molar-refractivity contribution in [3.8, 4) is 11.3 Å². The summed E-state index contributed by atoms with van der Waals surface area (Å²) < 4.78 is 7.91. The molecule has 0 amide bonds. The number of Topliss-reactive ketones (excluding diaryl/α,β-unsaturated/α-hetero) is 1. The van der Waals surface area contributed by atoms with E-state index in [9.17, 15) is 9.90 Å². The Kier molecular flexibility index (Phi) is 6.79. The van der Waals surface area contributed by atoms with Crippen molar-refractivity contribution in [2.24, 2.45) is 23.2 Å². The first-order chi connectivity index (χ1) is 17.5. The molecule has 3 aromatic rings. The molecule has 0 bridgehead atoms. The van der Waals surface area contributed by atoms with Gasteiger partial charge in [0.1, 0.15) is 12.2 Å². The predicted octanol–water partition coefficient (Wildman–Crippen LogP) is 5.31. The monoisotopic (exact) mass is 520 g/mol. The molecule has 8 heteroatoms. The summed E-state index contributed by atoms with van der Waals surface area (Å²) in [4.78, 5) is 25.5. The zero-order valence-corrected chi connectivity index (χ0v) is 24.0. The van der Waals surface area contributed by atoms with Gasteiger partial charge in [0, 0.05) is 57.2 Å². The molecule has 1 aliphatic carbocycles. The molecule has 0 spiro atoms. The van der Waals surface area contributed by atoms with Crippen LogP contribution in [0.15, 0.2) is 36.7 Å². The van der Waals surface area contributed by atoms with Gasteiger partial charge in [-0.1, -0.05) is 52.5 Å². The third-order valence-electron chi connectivity index (χ3n) is 7.81. The lowest BCUT2D eigenvalue weighted by Gasteiger charge is -2.22. The van der Waals surface area contributed by atoms with Crippen molar-refractivity contribution in [1.29, 1.82) is 0 Å². The molecule has 3 atom stereocenters. The fourth-order valence-corrected chi connectivity index (χ4v) is 6.15. The van der Waals surface area contributed by atoms with E-state index >= 15 is 0 Å². The third kappa shape index (κ3) is 5.37. The van der Waals surface area contributed by atoms with Crippen molar-refractivity contribution in [1.82, 2.24) is 14.5 Å². The zero-order chi connectivity index (χ0) is 26.5. The molecule has 1 saturated carbocycles. The number of hydrogen-bond donors (Lipinski definition) is 1. The first-order valence-electron chi connectivity index (χ1n) is 13.4. The van der Waals surface area contributed by atoms with Crippen LogP contribution in [-0.4, -0.2) is 59.8 Å². The molecule has 1 aliphatic heterocycles. The number of aromatic nitrogens is 3. The fraction of sp³-hybridized carbons (Fsp3) is 0.552. The molecule has 2 aromatic heterocycles. The molecular formula is C29H40N4O3Si. The Bertz CT molecular complexity index is 1290. The maximum absolute atomic E-state index is 13.4. The number of benzene rings is 1. The summed E-state index contributed by atoms with van der Waals surface area (Å²) in [6, 6.07) is 9.50. The highest BCUT2D eigenvalue weighted by Gasteiger charge is 2.55. The van der Waals surface area contributed by atoms with Gasteiger partial charge in [-0.3, -0.25) is 4.79 Å². The molecule has 198 valence electrons. The van der Waals surface area contributed by atoms with Gasteiger partial charge in [-0.05, 0) is 35.9 Å². The summed E-state index contributed by atoms with van der Waals surface area (Å²) in [5, 5.41) is 9.49.